The standard InChI is InChI=1S/C17H19BrClNO/c1-4-20-17(13-7-11(2)8-14(19)9-13)12-5-6-16(21-3)15(18)10-12/h5-10,17,20H,4H2,1-3H3. The largest absolute Gasteiger partial charge is 0.496 e. The summed E-state index contributed by atoms with van der Waals surface area (Å²) in [6, 6.07) is 12.4. The van der Waals surface area contributed by atoms with Crippen LogP contribution in [0.25, 0.3) is 0 Å². The van der Waals surface area contributed by atoms with Crippen molar-refractivity contribution in [1.82, 2.24) is 5.32 Å². The molecule has 0 bridgehead atoms. The predicted molar refractivity (Wildman–Crippen MR) is 92.4 cm³/mol. The molecule has 0 aliphatic rings. The van der Waals surface area contributed by atoms with Crippen LogP contribution < -0.4 is 10.1 Å². The first-order chi connectivity index (χ1) is 10.0. The Morgan fingerprint density at radius 2 is 1.95 bits per heavy atom. The minimum Gasteiger partial charge on any atom is -0.496 e. The van der Waals surface area contributed by atoms with E-state index in [1.54, 1.807) is 7.11 Å². The maximum atomic E-state index is 6.20. The molecular weight excluding hydrogens is 350 g/mol. The summed E-state index contributed by atoms with van der Waals surface area (Å²) in [5.41, 5.74) is 3.50. The normalized spacial score (nSPS) is 12.2. The highest BCUT2D eigenvalue weighted by molar-refractivity contribution is 9.10. The van der Waals surface area contributed by atoms with Crippen LogP contribution in [-0.2, 0) is 0 Å². The zero-order chi connectivity index (χ0) is 15.4. The van der Waals surface area contributed by atoms with Crippen molar-refractivity contribution in [1.29, 1.82) is 0 Å². The molecule has 0 radical (unpaired) electrons. The van der Waals surface area contributed by atoms with E-state index in [0.29, 0.717) is 0 Å². The Morgan fingerprint density at radius 1 is 1.19 bits per heavy atom. The van der Waals surface area contributed by atoms with Crippen molar-refractivity contribution in [2.45, 2.75) is 19.9 Å². The summed E-state index contributed by atoms with van der Waals surface area (Å²) >= 11 is 9.75. The van der Waals surface area contributed by atoms with E-state index < -0.39 is 0 Å². The Bertz CT molecular complexity index is 610. The Labute approximate surface area is 139 Å². The molecule has 0 heterocycles. The molecule has 0 saturated heterocycles. The van der Waals surface area contributed by atoms with Crippen molar-refractivity contribution in [3.05, 3.63) is 62.6 Å². The van der Waals surface area contributed by atoms with Gasteiger partial charge in [-0.05, 0) is 70.4 Å². The second-order valence-corrected chi connectivity index (χ2v) is 6.24. The van der Waals surface area contributed by atoms with Gasteiger partial charge in [0.2, 0.25) is 0 Å². The van der Waals surface area contributed by atoms with Gasteiger partial charge >= 0.3 is 0 Å². The van der Waals surface area contributed by atoms with E-state index in [9.17, 15) is 0 Å². The fourth-order valence-electron chi connectivity index (χ4n) is 2.43. The number of aryl methyl sites for hydroxylation is 1. The number of benzene rings is 2. The molecule has 0 aromatic heterocycles. The smallest absolute Gasteiger partial charge is 0.133 e. The monoisotopic (exact) mass is 367 g/mol. The molecule has 1 unspecified atom stereocenters. The van der Waals surface area contributed by atoms with Crippen LogP contribution in [0.5, 0.6) is 5.75 Å². The molecule has 2 rings (SSSR count). The fourth-order valence-corrected chi connectivity index (χ4v) is 3.28. The summed E-state index contributed by atoms with van der Waals surface area (Å²) in [4.78, 5) is 0. The molecule has 0 fully saturated rings. The fraction of sp³-hybridized carbons (Fsp3) is 0.294. The first kappa shape index (κ1) is 16.3. The predicted octanol–water partition coefficient (Wildman–Crippen LogP) is 5.12. The lowest BCUT2D eigenvalue weighted by atomic mass is 9.97. The third-order valence-corrected chi connectivity index (χ3v) is 4.15. The first-order valence-electron chi connectivity index (χ1n) is 6.89. The quantitative estimate of drug-likeness (QED) is 0.791. The highest BCUT2D eigenvalue weighted by Crippen LogP contribution is 2.31. The van der Waals surface area contributed by atoms with Gasteiger partial charge in [0.25, 0.3) is 0 Å². The summed E-state index contributed by atoms with van der Waals surface area (Å²) in [5.74, 6) is 0.830. The van der Waals surface area contributed by atoms with Gasteiger partial charge in [-0.15, -0.1) is 0 Å². The van der Waals surface area contributed by atoms with Crippen molar-refractivity contribution in [2.24, 2.45) is 0 Å². The molecule has 0 spiro atoms. The lowest BCUT2D eigenvalue weighted by Crippen LogP contribution is -2.22. The molecule has 0 saturated carbocycles. The van der Waals surface area contributed by atoms with E-state index >= 15 is 0 Å². The Balaban J connectivity index is 2.45. The molecule has 4 heteroatoms. The van der Waals surface area contributed by atoms with E-state index in [4.69, 9.17) is 16.3 Å². The van der Waals surface area contributed by atoms with Gasteiger partial charge in [0.15, 0.2) is 0 Å². The summed E-state index contributed by atoms with van der Waals surface area (Å²) < 4.78 is 6.24. The molecule has 0 aliphatic carbocycles. The van der Waals surface area contributed by atoms with E-state index in [1.165, 1.54) is 11.1 Å². The van der Waals surface area contributed by atoms with E-state index in [-0.39, 0.29) is 6.04 Å². The number of halogens is 2. The number of nitrogens with one attached hydrogen (secondary N) is 1. The number of hydrogen-bond donors (Lipinski definition) is 1. The summed E-state index contributed by atoms with van der Waals surface area (Å²) in [5, 5.41) is 4.28. The molecule has 2 aromatic carbocycles. The van der Waals surface area contributed by atoms with E-state index in [2.05, 4.69) is 53.3 Å². The Morgan fingerprint density at radius 3 is 2.52 bits per heavy atom. The van der Waals surface area contributed by atoms with Crippen molar-refractivity contribution in [2.75, 3.05) is 13.7 Å². The van der Waals surface area contributed by atoms with Gasteiger partial charge in [-0.3, -0.25) is 0 Å². The average Bonchev–Trinajstić information content (AvgIpc) is 2.43. The average molecular weight is 369 g/mol. The molecule has 1 N–H and O–H groups in total. The van der Waals surface area contributed by atoms with Gasteiger partial charge in [0.1, 0.15) is 5.75 Å². The van der Waals surface area contributed by atoms with Crippen molar-refractivity contribution >= 4 is 27.5 Å². The van der Waals surface area contributed by atoms with Crippen molar-refractivity contribution < 1.29 is 4.74 Å². The molecule has 112 valence electrons. The SMILES string of the molecule is CCNC(c1cc(C)cc(Cl)c1)c1ccc(OC)c(Br)c1. The van der Waals surface area contributed by atoms with Gasteiger partial charge < -0.3 is 10.1 Å². The topological polar surface area (TPSA) is 21.3 Å². The zero-order valence-corrected chi connectivity index (χ0v) is 14.8. The highest BCUT2D eigenvalue weighted by Gasteiger charge is 2.15. The Kier molecular flexibility index (Phi) is 5.68. The lowest BCUT2D eigenvalue weighted by Gasteiger charge is -2.20. The maximum absolute atomic E-state index is 6.20. The van der Waals surface area contributed by atoms with Crippen LogP contribution in [0.15, 0.2) is 40.9 Å². The first-order valence-corrected chi connectivity index (χ1v) is 8.06. The third-order valence-electron chi connectivity index (χ3n) is 3.32. The molecule has 21 heavy (non-hydrogen) atoms. The van der Waals surface area contributed by atoms with Gasteiger partial charge in [0, 0.05) is 5.02 Å². The third kappa shape index (κ3) is 4.00. The second kappa shape index (κ2) is 7.30. The van der Waals surface area contributed by atoms with Crippen molar-refractivity contribution in [3.63, 3.8) is 0 Å². The number of ether oxygens (including phenoxy) is 1. The Hall–Kier alpha value is -1.03. The number of methoxy groups -OCH3 is 1. The molecule has 0 amide bonds. The summed E-state index contributed by atoms with van der Waals surface area (Å²) in [7, 11) is 1.67. The van der Waals surface area contributed by atoms with Crippen molar-refractivity contribution in [3.8, 4) is 5.75 Å². The second-order valence-electron chi connectivity index (χ2n) is 4.95. The van der Waals surface area contributed by atoms with Gasteiger partial charge in [-0.2, -0.15) is 0 Å². The van der Waals surface area contributed by atoms with Crippen LogP contribution in [0.2, 0.25) is 5.02 Å². The van der Waals surface area contributed by atoms with Crippen LogP contribution in [-0.4, -0.2) is 13.7 Å². The van der Waals surface area contributed by atoms with Crippen LogP contribution in [0.3, 0.4) is 0 Å². The molecule has 2 aromatic rings. The van der Waals surface area contributed by atoms with Crippen LogP contribution >= 0.6 is 27.5 Å². The van der Waals surface area contributed by atoms with Crippen LogP contribution in [0.1, 0.15) is 29.7 Å². The molecule has 2 nitrogen and oxygen atoms in total. The molecule has 0 aliphatic heterocycles. The van der Waals surface area contributed by atoms with Crippen LogP contribution in [0, 0.1) is 6.92 Å². The molecule has 1 atom stereocenters. The van der Waals surface area contributed by atoms with Gasteiger partial charge in [-0.1, -0.05) is 30.7 Å². The van der Waals surface area contributed by atoms with E-state index in [1.807, 2.05) is 18.2 Å². The minimum absolute atomic E-state index is 0.106. The number of rotatable bonds is 5. The summed E-state index contributed by atoms with van der Waals surface area (Å²) in [6.45, 7) is 5.03. The highest BCUT2D eigenvalue weighted by atomic mass is 79.9. The zero-order valence-electron chi connectivity index (χ0n) is 12.4. The van der Waals surface area contributed by atoms with Gasteiger partial charge in [-0.25, -0.2) is 0 Å². The molecular formula is C17H19BrClNO. The van der Waals surface area contributed by atoms with Crippen LogP contribution in [0.4, 0.5) is 0 Å². The lowest BCUT2D eigenvalue weighted by molar-refractivity contribution is 0.412. The minimum atomic E-state index is 0.106. The van der Waals surface area contributed by atoms with Gasteiger partial charge in [0.05, 0.1) is 17.6 Å². The maximum Gasteiger partial charge on any atom is 0.133 e. The number of hydrogen-bond acceptors (Lipinski definition) is 2. The van der Waals surface area contributed by atoms with E-state index in [0.717, 1.165) is 27.4 Å². The summed E-state index contributed by atoms with van der Waals surface area (Å²) in [6.07, 6.45) is 0.